The minimum atomic E-state index is -5.88. The highest BCUT2D eigenvalue weighted by atomic mass is 19.4. The average Bonchev–Trinajstić information content (AvgIpc) is 3.34. The quantitative estimate of drug-likeness (QED) is 0.496. The van der Waals surface area contributed by atoms with Crippen LogP contribution < -0.4 is 10.6 Å². The molecule has 0 aromatic carbocycles. The van der Waals surface area contributed by atoms with Crippen LogP contribution in [0.5, 0.6) is 0 Å². The molecule has 3 heterocycles. The van der Waals surface area contributed by atoms with Crippen molar-refractivity contribution >= 4 is 23.1 Å². The fraction of sp³-hybridized carbons (Fsp3) is 0.450. The van der Waals surface area contributed by atoms with Crippen molar-refractivity contribution < 1.29 is 31.5 Å². The maximum Gasteiger partial charge on any atom is 0.459 e. The van der Waals surface area contributed by atoms with Gasteiger partial charge in [-0.15, -0.1) is 0 Å². The standard InChI is InChI=1S/C20H22F5N7O2/c1-5-31-9-13(16(30-31)18(34)26-8-10(2)3)28-17(33)12-7-15-27-11(4)6-14(32(15)29-12)19(21,22)20(23,24)25/h6-7,9-10H,5,8H2,1-4H3,(H,26,34)(H,28,33). The van der Waals surface area contributed by atoms with Crippen molar-refractivity contribution in [2.45, 2.75) is 46.3 Å². The zero-order chi connectivity index (χ0) is 25.4. The summed E-state index contributed by atoms with van der Waals surface area (Å²) in [4.78, 5) is 29.1. The van der Waals surface area contributed by atoms with E-state index in [0.29, 0.717) is 19.2 Å². The number of nitrogens with one attached hydrogen (secondary N) is 2. The van der Waals surface area contributed by atoms with Gasteiger partial charge in [0.05, 0.1) is 5.69 Å². The number of nitrogens with zero attached hydrogens (tertiary/aromatic N) is 5. The van der Waals surface area contributed by atoms with E-state index in [0.717, 1.165) is 6.07 Å². The Morgan fingerprint density at radius 1 is 1.09 bits per heavy atom. The molecule has 34 heavy (non-hydrogen) atoms. The third-order valence-electron chi connectivity index (χ3n) is 4.69. The van der Waals surface area contributed by atoms with Gasteiger partial charge in [-0.05, 0) is 25.8 Å². The van der Waals surface area contributed by atoms with E-state index in [4.69, 9.17) is 0 Å². The molecule has 0 bridgehead atoms. The Labute approximate surface area is 190 Å². The molecule has 3 rings (SSSR count). The molecule has 0 fully saturated rings. The Morgan fingerprint density at radius 3 is 2.35 bits per heavy atom. The number of aryl methyl sites for hydroxylation is 2. The molecule has 0 unspecified atom stereocenters. The Balaban J connectivity index is 1.97. The van der Waals surface area contributed by atoms with Crippen molar-refractivity contribution in [3.05, 3.63) is 41.1 Å². The minimum absolute atomic E-state index is 0.0233. The van der Waals surface area contributed by atoms with E-state index in [9.17, 15) is 31.5 Å². The van der Waals surface area contributed by atoms with Crippen LogP contribution in [0.3, 0.4) is 0 Å². The predicted molar refractivity (Wildman–Crippen MR) is 111 cm³/mol. The average molecular weight is 487 g/mol. The Hall–Kier alpha value is -3.58. The summed E-state index contributed by atoms with van der Waals surface area (Å²) >= 11 is 0. The number of hydrogen-bond acceptors (Lipinski definition) is 5. The van der Waals surface area contributed by atoms with E-state index >= 15 is 0 Å². The highest BCUT2D eigenvalue weighted by molar-refractivity contribution is 6.07. The van der Waals surface area contributed by atoms with E-state index in [2.05, 4.69) is 25.8 Å². The van der Waals surface area contributed by atoms with E-state index in [-0.39, 0.29) is 33.2 Å². The van der Waals surface area contributed by atoms with Crippen molar-refractivity contribution in [3.63, 3.8) is 0 Å². The van der Waals surface area contributed by atoms with Crippen LogP contribution in [0.25, 0.3) is 5.65 Å². The molecule has 0 saturated carbocycles. The molecule has 2 N–H and O–H groups in total. The Kier molecular flexibility index (Phi) is 6.62. The predicted octanol–water partition coefficient (Wildman–Crippen LogP) is 3.55. The summed E-state index contributed by atoms with van der Waals surface area (Å²) < 4.78 is 68.7. The number of carbonyl (C=O) groups is 2. The zero-order valence-corrected chi connectivity index (χ0v) is 18.7. The number of aromatic nitrogens is 5. The highest BCUT2D eigenvalue weighted by Gasteiger charge is 2.60. The third kappa shape index (κ3) is 4.84. The second-order valence-electron chi connectivity index (χ2n) is 7.96. The zero-order valence-electron chi connectivity index (χ0n) is 18.7. The molecule has 3 aromatic rings. The van der Waals surface area contributed by atoms with Crippen LogP contribution in [0.2, 0.25) is 0 Å². The first-order chi connectivity index (χ1) is 15.7. The summed E-state index contributed by atoms with van der Waals surface area (Å²) in [6, 6.07) is 1.53. The normalized spacial score (nSPS) is 12.4. The summed E-state index contributed by atoms with van der Waals surface area (Å²) in [7, 11) is 0. The summed E-state index contributed by atoms with van der Waals surface area (Å²) in [5, 5.41) is 12.8. The maximum atomic E-state index is 14.1. The van der Waals surface area contributed by atoms with Crippen LogP contribution in [0.1, 0.15) is 53.1 Å². The van der Waals surface area contributed by atoms with Gasteiger partial charge in [0.2, 0.25) is 0 Å². The van der Waals surface area contributed by atoms with Crippen molar-refractivity contribution in [3.8, 4) is 0 Å². The molecule has 3 aromatic heterocycles. The van der Waals surface area contributed by atoms with Crippen molar-refractivity contribution in [2.24, 2.45) is 5.92 Å². The molecule has 0 aliphatic heterocycles. The largest absolute Gasteiger partial charge is 0.459 e. The molecule has 2 amide bonds. The summed E-state index contributed by atoms with van der Waals surface area (Å²) in [6.07, 6.45) is -4.49. The molecular formula is C20H22F5N7O2. The molecule has 0 aliphatic carbocycles. The molecule has 184 valence electrons. The summed E-state index contributed by atoms with van der Waals surface area (Å²) in [5.41, 5.74) is -2.51. The number of halogens is 5. The fourth-order valence-electron chi connectivity index (χ4n) is 2.99. The summed E-state index contributed by atoms with van der Waals surface area (Å²) in [5.74, 6) is -6.57. The second-order valence-corrected chi connectivity index (χ2v) is 7.96. The van der Waals surface area contributed by atoms with Crippen molar-refractivity contribution in [1.82, 2.24) is 29.7 Å². The van der Waals surface area contributed by atoms with Gasteiger partial charge in [0.1, 0.15) is 5.69 Å². The topological polar surface area (TPSA) is 106 Å². The Morgan fingerprint density at radius 2 is 1.76 bits per heavy atom. The smallest absolute Gasteiger partial charge is 0.350 e. The lowest BCUT2D eigenvalue weighted by atomic mass is 10.2. The first-order valence-electron chi connectivity index (χ1n) is 10.2. The number of rotatable bonds is 7. The van der Waals surface area contributed by atoms with Gasteiger partial charge in [0.15, 0.2) is 17.0 Å². The van der Waals surface area contributed by atoms with Crippen LogP contribution in [0.4, 0.5) is 27.6 Å². The van der Waals surface area contributed by atoms with E-state index < -0.39 is 35.3 Å². The number of anilines is 1. The number of alkyl halides is 5. The first kappa shape index (κ1) is 25.1. The van der Waals surface area contributed by atoms with Crippen LogP contribution in [0, 0.1) is 12.8 Å². The number of carbonyl (C=O) groups excluding carboxylic acids is 2. The number of amides is 2. The lowest BCUT2D eigenvalue weighted by Crippen LogP contribution is -2.36. The van der Waals surface area contributed by atoms with E-state index in [1.807, 2.05) is 13.8 Å². The molecule has 9 nitrogen and oxygen atoms in total. The lowest BCUT2D eigenvalue weighted by Gasteiger charge is -2.20. The van der Waals surface area contributed by atoms with Crippen LogP contribution >= 0.6 is 0 Å². The number of fused-ring (bicyclic) bond motifs is 1. The van der Waals surface area contributed by atoms with Crippen LogP contribution in [-0.2, 0) is 12.5 Å². The Bertz CT molecular complexity index is 1230. The van der Waals surface area contributed by atoms with Crippen LogP contribution in [0.15, 0.2) is 18.3 Å². The monoisotopic (exact) mass is 487 g/mol. The van der Waals surface area contributed by atoms with Gasteiger partial charge in [-0.25, -0.2) is 9.50 Å². The van der Waals surface area contributed by atoms with E-state index in [1.165, 1.54) is 17.8 Å². The molecular weight excluding hydrogens is 465 g/mol. The minimum Gasteiger partial charge on any atom is -0.350 e. The van der Waals surface area contributed by atoms with Gasteiger partial charge in [-0.2, -0.15) is 32.1 Å². The molecule has 0 aliphatic rings. The van der Waals surface area contributed by atoms with Gasteiger partial charge in [0.25, 0.3) is 11.8 Å². The molecule has 0 atom stereocenters. The van der Waals surface area contributed by atoms with Gasteiger partial charge < -0.3 is 10.6 Å². The van der Waals surface area contributed by atoms with Gasteiger partial charge in [-0.1, -0.05) is 13.8 Å². The SMILES string of the molecule is CCn1cc(NC(=O)c2cc3nc(C)cc(C(F)(F)C(F)(F)F)n3n2)c(C(=O)NCC(C)C)n1. The molecule has 0 radical (unpaired) electrons. The van der Waals surface area contributed by atoms with Gasteiger partial charge in [-0.3, -0.25) is 14.3 Å². The third-order valence-corrected chi connectivity index (χ3v) is 4.69. The van der Waals surface area contributed by atoms with E-state index in [1.54, 1.807) is 6.92 Å². The van der Waals surface area contributed by atoms with Crippen molar-refractivity contribution in [1.29, 1.82) is 0 Å². The molecule has 0 spiro atoms. The second kappa shape index (κ2) is 8.99. The first-order valence-corrected chi connectivity index (χ1v) is 10.2. The fourth-order valence-corrected chi connectivity index (χ4v) is 2.99. The van der Waals surface area contributed by atoms with Crippen molar-refractivity contribution in [2.75, 3.05) is 11.9 Å². The van der Waals surface area contributed by atoms with Crippen LogP contribution in [-0.4, -0.2) is 48.9 Å². The van der Waals surface area contributed by atoms with Gasteiger partial charge >= 0.3 is 12.1 Å². The van der Waals surface area contributed by atoms with Gasteiger partial charge in [0, 0.05) is 31.0 Å². The lowest BCUT2D eigenvalue weighted by molar-refractivity contribution is -0.291. The maximum absolute atomic E-state index is 14.1. The number of hydrogen-bond donors (Lipinski definition) is 2. The molecule has 14 heteroatoms. The molecule has 0 saturated heterocycles. The summed E-state index contributed by atoms with van der Waals surface area (Å²) in [6.45, 7) is 7.52. The highest BCUT2D eigenvalue weighted by Crippen LogP contribution is 2.43.